The molecule has 18 heavy (non-hydrogen) atoms. The van der Waals surface area contributed by atoms with Crippen LogP contribution in [-0.2, 0) is 9.53 Å². The first kappa shape index (κ1) is 13.1. The van der Waals surface area contributed by atoms with Gasteiger partial charge in [-0.1, -0.05) is 0 Å². The van der Waals surface area contributed by atoms with E-state index in [0.29, 0.717) is 13.1 Å². The number of esters is 1. The summed E-state index contributed by atoms with van der Waals surface area (Å²) in [5.74, 6) is -0.279. The number of nitrogens with one attached hydrogen (secondary N) is 1. The van der Waals surface area contributed by atoms with Crippen LogP contribution < -0.4 is 5.32 Å². The van der Waals surface area contributed by atoms with Gasteiger partial charge in [0.05, 0.1) is 18.6 Å². The van der Waals surface area contributed by atoms with E-state index in [4.69, 9.17) is 4.74 Å². The minimum Gasteiger partial charge on any atom is -0.469 e. The molecule has 2 fully saturated rings. The molecule has 0 aromatic carbocycles. The number of methoxy groups -OCH3 is 1. The average Bonchev–Trinajstić information content (AvgIpc) is 2.65. The summed E-state index contributed by atoms with van der Waals surface area (Å²) in [6.07, 6.45) is 0. The lowest BCUT2D eigenvalue weighted by Gasteiger charge is -2.29. The monoisotopic (exact) mass is 255 g/mol. The maximum Gasteiger partial charge on any atom is 0.320 e. The van der Waals surface area contributed by atoms with Gasteiger partial charge in [-0.25, -0.2) is 4.79 Å². The number of piperazine rings is 1. The third-order valence-electron chi connectivity index (χ3n) is 3.62. The number of hydrogen-bond acceptors (Lipinski definition) is 4. The molecule has 6 heteroatoms. The molecule has 2 saturated heterocycles. The number of hydrogen-bond donors (Lipinski definition) is 1. The summed E-state index contributed by atoms with van der Waals surface area (Å²) in [7, 11) is 1.38. The first-order chi connectivity index (χ1) is 8.45. The van der Waals surface area contributed by atoms with Crippen LogP contribution in [0.25, 0.3) is 0 Å². The fraction of sp³-hybridized carbons (Fsp3) is 0.833. The van der Waals surface area contributed by atoms with Crippen LogP contribution >= 0.6 is 0 Å². The summed E-state index contributed by atoms with van der Waals surface area (Å²) in [6.45, 7) is 7.14. The number of urea groups is 1. The third kappa shape index (κ3) is 2.29. The van der Waals surface area contributed by atoms with Gasteiger partial charge >= 0.3 is 12.0 Å². The summed E-state index contributed by atoms with van der Waals surface area (Å²) < 4.78 is 4.78. The Morgan fingerprint density at radius 2 is 2.28 bits per heavy atom. The number of rotatable bonds is 3. The summed E-state index contributed by atoms with van der Waals surface area (Å²) in [4.78, 5) is 27.5. The van der Waals surface area contributed by atoms with E-state index in [1.165, 1.54) is 7.11 Å². The van der Waals surface area contributed by atoms with Gasteiger partial charge in [0, 0.05) is 32.7 Å². The zero-order chi connectivity index (χ0) is 13.3. The zero-order valence-corrected chi connectivity index (χ0v) is 11.2. The van der Waals surface area contributed by atoms with Crippen LogP contribution in [0.5, 0.6) is 0 Å². The van der Waals surface area contributed by atoms with E-state index in [9.17, 15) is 9.59 Å². The van der Waals surface area contributed by atoms with E-state index in [2.05, 4.69) is 5.32 Å². The molecule has 2 amide bonds. The van der Waals surface area contributed by atoms with E-state index in [1.807, 2.05) is 18.7 Å². The summed E-state index contributed by atoms with van der Waals surface area (Å²) >= 11 is 0. The average molecular weight is 255 g/mol. The van der Waals surface area contributed by atoms with Crippen molar-refractivity contribution < 1.29 is 14.3 Å². The van der Waals surface area contributed by atoms with Gasteiger partial charge in [0.2, 0.25) is 0 Å². The molecule has 6 nitrogen and oxygen atoms in total. The number of carbonyl (C=O) groups is 2. The second-order valence-corrected chi connectivity index (χ2v) is 5.59. The molecule has 0 aliphatic carbocycles. The predicted octanol–water partition coefficient (Wildman–Crippen LogP) is -0.105. The lowest BCUT2D eigenvalue weighted by atomic mass is 9.93. The van der Waals surface area contributed by atoms with Crippen molar-refractivity contribution in [3.8, 4) is 0 Å². The number of carbonyl (C=O) groups excluding carboxylic acids is 2. The van der Waals surface area contributed by atoms with Gasteiger partial charge in [0.1, 0.15) is 0 Å². The van der Waals surface area contributed by atoms with Crippen molar-refractivity contribution >= 4 is 12.0 Å². The van der Waals surface area contributed by atoms with Gasteiger partial charge in [-0.3, -0.25) is 4.79 Å². The van der Waals surface area contributed by atoms with Crippen molar-refractivity contribution in [2.45, 2.75) is 19.9 Å². The maximum absolute atomic E-state index is 12.2. The first-order valence-electron chi connectivity index (χ1n) is 6.30. The van der Waals surface area contributed by atoms with Crippen LogP contribution in [0.2, 0.25) is 0 Å². The molecule has 0 unspecified atom stereocenters. The topological polar surface area (TPSA) is 61.9 Å². The minimum atomic E-state index is -0.660. The molecule has 102 valence electrons. The highest BCUT2D eigenvalue weighted by Crippen LogP contribution is 2.24. The number of amides is 2. The summed E-state index contributed by atoms with van der Waals surface area (Å²) in [5, 5.41) is 3.28. The Morgan fingerprint density at radius 1 is 1.56 bits per heavy atom. The molecule has 0 spiro atoms. The van der Waals surface area contributed by atoms with Gasteiger partial charge in [-0.05, 0) is 13.8 Å². The molecule has 0 aromatic heterocycles. The van der Waals surface area contributed by atoms with Crippen LogP contribution in [0, 0.1) is 5.41 Å². The lowest BCUT2D eigenvalue weighted by molar-refractivity contribution is -0.151. The van der Waals surface area contributed by atoms with Crippen LogP contribution in [-0.4, -0.2) is 67.7 Å². The van der Waals surface area contributed by atoms with Gasteiger partial charge in [0.25, 0.3) is 0 Å². The Morgan fingerprint density at radius 3 is 2.89 bits per heavy atom. The molecule has 0 saturated carbocycles. The molecular weight excluding hydrogens is 234 g/mol. The lowest BCUT2D eigenvalue weighted by Crippen LogP contribution is -2.50. The molecule has 2 rings (SSSR count). The van der Waals surface area contributed by atoms with E-state index >= 15 is 0 Å². The maximum atomic E-state index is 12.2. The molecule has 2 aliphatic heterocycles. The minimum absolute atomic E-state index is 0.0403. The van der Waals surface area contributed by atoms with E-state index < -0.39 is 5.41 Å². The van der Waals surface area contributed by atoms with Crippen molar-refractivity contribution in [2.24, 2.45) is 5.41 Å². The van der Waals surface area contributed by atoms with Crippen molar-refractivity contribution in [3.05, 3.63) is 0 Å². The molecular formula is C12H21N3O3. The molecule has 1 N–H and O–H groups in total. The van der Waals surface area contributed by atoms with Crippen LogP contribution in [0.4, 0.5) is 4.79 Å². The number of nitrogens with zero attached hydrogens (tertiary/aromatic N) is 2. The molecule has 1 atom stereocenters. The Kier molecular flexibility index (Phi) is 3.47. The Hall–Kier alpha value is -1.30. The van der Waals surface area contributed by atoms with Gasteiger partial charge < -0.3 is 19.9 Å². The van der Waals surface area contributed by atoms with E-state index in [0.717, 1.165) is 19.6 Å². The second-order valence-electron chi connectivity index (χ2n) is 5.59. The summed E-state index contributed by atoms with van der Waals surface area (Å²) in [5.41, 5.74) is -0.660. The van der Waals surface area contributed by atoms with Crippen molar-refractivity contribution in [1.82, 2.24) is 15.1 Å². The second kappa shape index (κ2) is 4.76. The van der Waals surface area contributed by atoms with Crippen molar-refractivity contribution in [2.75, 3.05) is 39.8 Å². The molecule has 0 radical (unpaired) electrons. The van der Waals surface area contributed by atoms with E-state index in [-0.39, 0.29) is 18.0 Å². The highest BCUT2D eigenvalue weighted by molar-refractivity contribution is 5.80. The largest absolute Gasteiger partial charge is 0.469 e. The molecule has 0 bridgehead atoms. The fourth-order valence-electron chi connectivity index (χ4n) is 2.64. The standard InChI is InChI=1S/C12H21N3O3/c1-12(2,10(16)18-3)8-14-7-9-6-13-4-5-15(9)11(14)17/h9,13H,4-8H2,1-3H3/t9-/m0/s1. The Bertz CT molecular complexity index is 356. The van der Waals surface area contributed by atoms with Crippen LogP contribution in [0.1, 0.15) is 13.8 Å². The zero-order valence-electron chi connectivity index (χ0n) is 11.2. The van der Waals surface area contributed by atoms with Crippen LogP contribution in [0.3, 0.4) is 0 Å². The van der Waals surface area contributed by atoms with Crippen molar-refractivity contribution in [1.29, 1.82) is 0 Å². The Balaban J connectivity index is 2.02. The third-order valence-corrected chi connectivity index (χ3v) is 3.62. The van der Waals surface area contributed by atoms with Crippen molar-refractivity contribution in [3.63, 3.8) is 0 Å². The normalized spacial score (nSPS) is 24.2. The number of ether oxygens (including phenoxy) is 1. The van der Waals surface area contributed by atoms with Gasteiger partial charge in [0.15, 0.2) is 0 Å². The molecule has 2 heterocycles. The highest BCUT2D eigenvalue weighted by atomic mass is 16.5. The smallest absolute Gasteiger partial charge is 0.320 e. The predicted molar refractivity (Wildman–Crippen MR) is 66.1 cm³/mol. The Labute approximate surface area is 107 Å². The molecule has 0 aromatic rings. The van der Waals surface area contributed by atoms with Crippen LogP contribution in [0.15, 0.2) is 0 Å². The summed E-state index contributed by atoms with van der Waals surface area (Å²) in [6, 6.07) is 0.276. The van der Waals surface area contributed by atoms with E-state index in [1.54, 1.807) is 4.90 Å². The first-order valence-corrected chi connectivity index (χ1v) is 6.30. The quantitative estimate of drug-likeness (QED) is 0.715. The molecule has 2 aliphatic rings. The SMILES string of the molecule is COC(=O)C(C)(C)CN1C[C@@H]2CNCCN2C1=O. The van der Waals surface area contributed by atoms with Gasteiger partial charge in [-0.15, -0.1) is 0 Å². The van der Waals surface area contributed by atoms with Gasteiger partial charge in [-0.2, -0.15) is 0 Å². The fourth-order valence-corrected chi connectivity index (χ4v) is 2.64. The highest BCUT2D eigenvalue weighted by Gasteiger charge is 2.42. The number of fused-ring (bicyclic) bond motifs is 1.